The predicted molar refractivity (Wildman–Crippen MR) is 67.1 cm³/mol. The van der Waals surface area contributed by atoms with Crippen molar-refractivity contribution in [3.05, 3.63) is 52.8 Å². The summed E-state index contributed by atoms with van der Waals surface area (Å²) >= 11 is 3.36. The number of nitrogen functional groups attached to an aromatic ring is 1. The van der Waals surface area contributed by atoms with E-state index in [1.807, 2.05) is 30.3 Å². The van der Waals surface area contributed by atoms with E-state index in [1.54, 1.807) is 12.4 Å². The average Bonchev–Trinajstić information content (AvgIpc) is 2.29. The normalized spacial score (nSPS) is 10.1. The molecule has 0 aliphatic heterocycles. The number of anilines is 1. The van der Waals surface area contributed by atoms with Crippen molar-refractivity contribution in [2.75, 3.05) is 5.73 Å². The molecule has 16 heavy (non-hydrogen) atoms. The second kappa shape index (κ2) is 4.99. The van der Waals surface area contributed by atoms with Crippen LogP contribution in [0.4, 0.5) is 5.69 Å². The number of hydrogen-bond acceptors (Lipinski definition) is 3. The summed E-state index contributed by atoms with van der Waals surface area (Å²) in [5.74, 6) is 0.741. The Morgan fingerprint density at radius 1 is 1.31 bits per heavy atom. The molecule has 0 aliphatic rings. The molecule has 3 nitrogen and oxygen atoms in total. The predicted octanol–water partition coefficient (Wildman–Crippen LogP) is 3.01. The van der Waals surface area contributed by atoms with Crippen LogP contribution in [0.1, 0.15) is 5.56 Å². The van der Waals surface area contributed by atoms with Gasteiger partial charge in [0, 0.05) is 21.9 Å². The van der Waals surface area contributed by atoms with Gasteiger partial charge in [-0.2, -0.15) is 0 Å². The third-order valence-electron chi connectivity index (χ3n) is 2.14. The van der Waals surface area contributed by atoms with Gasteiger partial charge in [0.1, 0.15) is 12.4 Å². The number of pyridine rings is 1. The van der Waals surface area contributed by atoms with Gasteiger partial charge in [-0.15, -0.1) is 0 Å². The molecule has 0 radical (unpaired) electrons. The summed E-state index contributed by atoms with van der Waals surface area (Å²) in [6.07, 6.45) is 3.38. The Bertz CT molecular complexity index is 474. The Kier molecular flexibility index (Phi) is 3.41. The minimum atomic E-state index is 0.449. The first-order chi connectivity index (χ1) is 7.75. The monoisotopic (exact) mass is 278 g/mol. The molecule has 0 aliphatic carbocycles. The molecule has 0 saturated heterocycles. The summed E-state index contributed by atoms with van der Waals surface area (Å²) < 4.78 is 6.52. The maximum Gasteiger partial charge on any atom is 0.138 e. The van der Waals surface area contributed by atoms with E-state index in [0.717, 1.165) is 21.5 Å². The van der Waals surface area contributed by atoms with Crippen LogP contribution in [0.15, 0.2) is 47.2 Å². The van der Waals surface area contributed by atoms with Crippen LogP contribution in [0.3, 0.4) is 0 Å². The van der Waals surface area contributed by atoms with Crippen molar-refractivity contribution in [3.8, 4) is 5.75 Å². The molecule has 82 valence electrons. The van der Waals surface area contributed by atoms with Crippen LogP contribution in [0.2, 0.25) is 0 Å². The smallest absolute Gasteiger partial charge is 0.138 e. The van der Waals surface area contributed by atoms with Crippen molar-refractivity contribution in [2.24, 2.45) is 0 Å². The van der Waals surface area contributed by atoms with Gasteiger partial charge in [0.2, 0.25) is 0 Å². The molecule has 2 N–H and O–H groups in total. The number of aromatic nitrogens is 1. The second-order valence-electron chi connectivity index (χ2n) is 3.32. The molecule has 2 rings (SSSR count). The average molecular weight is 279 g/mol. The SMILES string of the molecule is Nc1cc(Br)ccc1COc1cccnc1. The van der Waals surface area contributed by atoms with Gasteiger partial charge in [0.15, 0.2) is 0 Å². The van der Waals surface area contributed by atoms with E-state index >= 15 is 0 Å². The molecular weight excluding hydrogens is 268 g/mol. The van der Waals surface area contributed by atoms with Gasteiger partial charge in [-0.1, -0.05) is 22.0 Å². The van der Waals surface area contributed by atoms with Gasteiger partial charge >= 0.3 is 0 Å². The lowest BCUT2D eigenvalue weighted by Crippen LogP contribution is -2.00. The molecule has 0 amide bonds. The van der Waals surface area contributed by atoms with Crippen LogP contribution in [-0.4, -0.2) is 4.98 Å². The first-order valence-corrected chi connectivity index (χ1v) is 5.62. The lowest BCUT2D eigenvalue weighted by molar-refractivity contribution is 0.305. The van der Waals surface area contributed by atoms with E-state index in [1.165, 1.54) is 0 Å². The van der Waals surface area contributed by atoms with Crippen LogP contribution in [0.5, 0.6) is 5.75 Å². The Hall–Kier alpha value is -1.55. The van der Waals surface area contributed by atoms with E-state index < -0.39 is 0 Å². The van der Waals surface area contributed by atoms with Gasteiger partial charge in [0.25, 0.3) is 0 Å². The number of rotatable bonds is 3. The fraction of sp³-hybridized carbons (Fsp3) is 0.0833. The molecule has 0 atom stereocenters. The number of halogens is 1. The Balaban J connectivity index is 2.05. The number of ether oxygens (including phenoxy) is 1. The second-order valence-corrected chi connectivity index (χ2v) is 4.24. The van der Waals surface area contributed by atoms with Gasteiger partial charge in [-0.25, -0.2) is 0 Å². The molecule has 0 fully saturated rings. The summed E-state index contributed by atoms with van der Waals surface area (Å²) in [7, 11) is 0. The van der Waals surface area contributed by atoms with Gasteiger partial charge in [-0.3, -0.25) is 4.98 Å². The molecule has 0 bridgehead atoms. The number of hydrogen-bond donors (Lipinski definition) is 1. The maximum absolute atomic E-state index is 5.86. The van der Waals surface area contributed by atoms with Crippen LogP contribution >= 0.6 is 15.9 Å². The molecule has 2 aromatic rings. The molecule has 4 heteroatoms. The van der Waals surface area contributed by atoms with Crippen LogP contribution in [-0.2, 0) is 6.61 Å². The largest absolute Gasteiger partial charge is 0.487 e. The van der Waals surface area contributed by atoms with Crippen LogP contribution in [0, 0.1) is 0 Å². The maximum atomic E-state index is 5.86. The molecule has 1 aromatic carbocycles. The zero-order valence-electron chi connectivity index (χ0n) is 8.56. The van der Waals surface area contributed by atoms with Gasteiger partial charge in [-0.05, 0) is 24.3 Å². The standard InChI is InChI=1S/C12H11BrN2O/c13-10-4-3-9(12(14)6-10)8-16-11-2-1-5-15-7-11/h1-7H,8,14H2. The van der Waals surface area contributed by atoms with Crippen molar-refractivity contribution >= 4 is 21.6 Å². The molecule has 0 saturated carbocycles. The molecule has 1 heterocycles. The summed E-state index contributed by atoms with van der Waals surface area (Å²) in [5, 5.41) is 0. The molecule has 0 spiro atoms. The van der Waals surface area contributed by atoms with E-state index in [-0.39, 0.29) is 0 Å². The quantitative estimate of drug-likeness (QED) is 0.878. The summed E-state index contributed by atoms with van der Waals surface area (Å²) in [5.41, 5.74) is 7.55. The van der Waals surface area contributed by atoms with Crippen molar-refractivity contribution < 1.29 is 4.74 Å². The highest BCUT2D eigenvalue weighted by atomic mass is 79.9. The molecular formula is C12H11BrN2O. The van der Waals surface area contributed by atoms with E-state index in [2.05, 4.69) is 20.9 Å². The van der Waals surface area contributed by atoms with E-state index in [9.17, 15) is 0 Å². The van der Waals surface area contributed by atoms with E-state index in [4.69, 9.17) is 10.5 Å². The fourth-order valence-electron chi connectivity index (χ4n) is 1.29. The van der Waals surface area contributed by atoms with Crippen molar-refractivity contribution in [1.82, 2.24) is 4.98 Å². The topological polar surface area (TPSA) is 48.1 Å². The van der Waals surface area contributed by atoms with E-state index in [0.29, 0.717) is 6.61 Å². The zero-order chi connectivity index (χ0) is 11.4. The fourth-order valence-corrected chi connectivity index (χ4v) is 1.67. The molecule has 1 aromatic heterocycles. The lowest BCUT2D eigenvalue weighted by Gasteiger charge is -2.08. The number of nitrogens with two attached hydrogens (primary N) is 1. The first-order valence-electron chi connectivity index (χ1n) is 4.82. The third kappa shape index (κ3) is 2.73. The minimum Gasteiger partial charge on any atom is -0.487 e. The zero-order valence-corrected chi connectivity index (χ0v) is 10.1. The number of benzene rings is 1. The summed E-state index contributed by atoms with van der Waals surface area (Å²) in [6.45, 7) is 0.449. The third-order valence-corrected chi connectivity index (χ3v) is 2.63. The van der Waals surface area contributed by atoms with Crippen LogP contribution in [0.25, 0.3) is 0 Å². The van der Waals surface area contributed by atoms with Gasteiger partial charge in [0.05, 0.1) is 6.20 Å². The summed E-state index contributed by atoms with van der Waals surface area (Å²) in [4.78, 5) is 3.97. The first kappa shape index (κ1) is 11.0. The van der Waals surface area contributed by atoms with Crippen molar-refractivity contribution in [3.63, 3.8) is 0 Å². The highest BCUT2D eigenvalue weighted by Crippen LogP contribution is 2.20. The van der Waals surface area contributed by atoms with Crippen molar-refractivity contribution in [1.29, 1.82) is 0 Å². The molecule has 0 unspecified atom stereocenters. The summed E-state index contributed by atoms with van der Waals surface area (Å²) in [6, 6.07) is 9.44. The van der Waals surface area contributed by atoms with Crippen molar-refractivity contribution in [2.45, 2.75) is 6.61 Å². The number of nitrogens with zero attached hydrogens (tertiary/aromatic N) is 1. The Labute approximate surface area is 102 Å². The highest BCUT2D eigenvalue weighted by Gasteiger charge is 2.01. The lowest BCUT2D eigenvalue weighted by atomic mass is 10.2. The Morgan fingerprint density at radius 2 is 2.19 bits per heavy atom. The highest BCUT2D eigenvalue weighted by molar-refractivity contribution is 9.10. The minimum absolute atomic E-state index is 0.449. The Morgan fingerprint density at radius 3 is 2.88 bits per heavy atom. The van der Waals surface area contributed by atoms with Gasteiger partial charge < -0.3 is 10.5 Å². The van der Waals surface area contributed by atoms with Crippen LogP contribution < -0.4 is 10.5 Å².